The van der Waals surface area contributed by atoms with Gasteiger partial charge in [-0.25, -0.2) is 0 Å². The fourth-order valence-corrected chi connectivity index (χ4v) is 7.85. The fourth-order valence-electron chi connectivity index (χ4n) is 7.85. The normalized spacial score (nSPS) is 46.4. The zero-order valence-corrected chi connectivity index (χ0v) is 17.5. The smallest absolute Gasteiger partial charge is 0.171 e. The third-order valence-electron chi connectivity index (χ3n) is 9.06. The van der Waals surface area contributed by atoms with E-state index in [1.165, 1.54) is 32.1 Å². The van der Waals surface area contributed by atoms with Crippen molar-refractivity contribution in [2.75, 3.05) is 0 Å². The van der Waals surface area contributed by atoms with E-state index in [9.17, 15) is 13.2 Å². The van der Waals surface area contributed by atoms with Crippen LogP contribution in [-0.4, -0.2) is 6.18 Å². The maximum atomic E-state index is 13.2. The number of hydrogen-bond acceptors (Lipinski definition) is 0. The van der Waals surface area contributed by atoms with Crippen LogP contribution in [0.4, 0.5) is 13.2 Å². The van der Waals surface area contributed by atoms with Crippen LogP contribution in [0, 0.1) is 46.8 Å². The molecule has 156 valence electrons. The standard InChI is InChI=1S/C22H33F3.C2H6/c1-3-4-15-7-10-20-19-8-5-14-13-16(22(23,24)25)6-9-17(14)18(19)11-12-21(15,20)2;1-2/h3,14-20H,1,4-13H2,2H3;1-2H3/t14-,15?,16+,17+,18?,19-,20?,21?;/m1./s1. The van der Waals surface area contributed by atoms with Gasteiger partial charge in [0.05, 0.1) is 5.92 Å². The summed E-state index contributed by atoms with van der Waals surface area (Å²) in [5, 5.41) is 0. The average Bonchev–Trinajstić information content (AvgIpc) is 2.99. The van der Waals surface area contributed by atoms with Crippen molar-refractivity contribution in [3.8, 4) is 0 Å². The molecule has 0 spiro atoms. The summed E-state index contributed by atoms with van der Waals surface area (Å²) in [5.74, 6) is 3.01. The van der Waals surface area contributed by atoms with Crippen molar-refractivity contribution in [2.24, 2.45) is 46.8 Å². The van der Waals surface area contributed by atoms with Crippen LogP contribution in [0.3, 0.4) is 0 Å². The molecule has 0 amide bonds. The molecule has 0 bridgehead atoms. The number of allylic oxidation sites excluding steroid dienone is 1. The molecule has 0 aromatic heterocycles. The average molecular weight is 385 g/mol. The van der Waals surface area contributed by atoms with Crippen molar-refractivity contribution in [3.63, 3.8) is 0 Å². The Labute approximate surface area is 164 Å². The van der Waals surface area contributed by atoms with Gasteiger partial charge in [0.1, 0.15) is 0 Å². The molecule has 4 aliphatic carbocycles. The summed E-state index contributed by atoms with van der Waals surface area (Å²) < 4.78 is 39.5. The second kappa shape index (κ2) is 8.11. The summed E-state index contributed by atoms with van der Waals surface area (Å²) in [6.07, 6.45) is 8.38. The molecule has 0 heterocycles. The minimum absolute atomic E-state index is 0.344. The van der Waals surface area contributed by atoms with E-state index in [1.54, 1.807) is 0 Å². The lowest BCUT2D eigenvalue weighted by atomic mass is 9.49. The summed E-state index contributed by atoms with van der Waals surface area (Å²) >= 11 is 0. The van der Waals surface area contributed by atoms with Gasteiger partial charge in [-0.1, -0.05) is 26.8 Å². The molecule has 0 aromatic carbocycles. The molecule has 4 saturated carbocycles. The predicted molar refractivity (Wildman–Crippen MR) is 106 cm³/mol. The van der Waals surface area contributed by atoms with Crippen molar-refractivity contribution in [3.05, 3.63) is 12.7 Å². The van der Waals surface area contributed by atoms with Crippen LogP contribution >= 0.6 is 0 Å². The van der Waals surface area contributed by atoms with Crippen LogP contribution < -0.4 is 0 Å². The Bertz CT molecular complexity index is 510. The highest BCUT2D eigenvalue weighted by Gasteiger charge is 2.57. The summed E-state index contributed by atoms with van der Waals surface area (Å²) in [5.41, 5.74) is 0.464. The molecule has 0 nitrogen and oxygen atoms in total. The van der Waals surface area contributed by atoms with Crippen LogP contribution in [0.25, 0.3) is 0 Å². The fraction of sp³-hybridized carbons (Fsp3) is 0.917. The van der Waals surface area contributed by atoms with Crippen molar-refractivity contribution >= 4 is 0 Å². The lowest BCUT2D eigenvalue weighted by molar-refractivity contribution is -0.196. The van der Waals surface area contributed by atoms with E-state index in [0.29, 0.717) is 36.0 Å². The summed E-state index contributed by atoms with van der Waals surface area (Å²) in [7, 11) is 0. The minimum Gasteiger partial charge on any atom is -0.171 e. The molecule has 0 N–H and O–H groups in total. The van der Waals surface area contributed by atoms with E-state index in [2.05, 4.69) is 19.6 Å². The van der Waals surface area contributed by atoms with E-state index < -0.39 is 12.1 Å². The Hall–Kier alpha value is -0.470. The zero-order valence-electron chi connectivity index (χ0n) is 17.5. The summed E-state index contributed by atoms with van der Waals surface area (Å²) in [6, 6.07) is 0. The van der Waals surface area contributed by atoms with E-state index in [1.807, 2.05) is 13.8 Å². The minimum atomic E-state index is -3.98. The van der Waals surface area contributed by atoms with E-state index in [-0.39, 0.29) is 0 Å². The largest absolute Gasteiger partial charge is 0.391 e. The lowest BCUT2D eigenvalue weighted by Crippen LogP contribution is -2.49. The van der Waals surface area contributed by atoms with E-state index in [4.69, 9.17) is 0 Å². The number of rotatable bonds is 2. The SMILES string of the molecule is C=CCC1CCC2[C@@H]3CC[C@@H]4C[C@@H](C(F)(F)F)CC[C@@H]4C3CCC12C.CC. The zero-order chi connectivity index (χ0) is 19.8. The van der Waals surface area contributed by atoms with E-state index in [0.717, 1.165) is 37.0 Å². The van der Waals surface area contributed by atoms with Crippen molar-refractivity contribution in [1.82, 2.24) is 0 Å². The maximum Gasteiger partial charge on any atom is 0.391 e. The van der Waals surface area contributed by atoms with Gasteiger partial charge in [-0.15, -0.1) is 6.58 Å². The van der Waals surface area contributed by atoms with Gasteiger partial charge in [0, 0.05) is 0 Å². The van der Waals surface area contributed by atoms with Crippen molar-refractivity contribution in [1.29, 1.82) is 0 Å². The molecule has 0 aliphatic heterocycles. The molecular weight excluding hydrogens is 345 g/mol. The topological polar surface area (TPSA) is 0 Å². The van der Waals surface area contributed by atoms with Crippen LogP contribution in [0.15, 0.2) is 12.7 Å². The van der Waals surface area contributed by atoms with Gasteiger partial charge in [-0.3, -0.25) is 0 Å². The van der Waals surface area contributed by atoms with Gasteiger partial charge >= 0.3 is 6.18 Å². The first-order chi connectivity index (χ1) is 12.8. The second-order valence-corrected chi connectivity index (χ2v) is 9.83. The van der Waals surface area contributed by atoms with Gasteiger partial charge in [0.2, 0.25) is 0 Å². The Balaban J connectivity index is 0.00000102. The van der Waals surface area contributed by atoms with Gasteiger partial charge in [-0.2, -0.15) is 13.2 Å². The van der Waals surface area contributed by atoms with Crippen molar-refractivity contribution in [2.45, 2.75) is 91.2 Å². The van der Waals surface area contributed by atoms with Crippen molar-refractivity contribution < 1.29 is 13.2 Å². The third kappa shape index (κ3) is 3.73. The number of alkyl halides is 3. The highest BCUT2D eigenvalue weighted by atomic mass is 19.4. The predicted octanol–water partition coefficient (Wildman–Crippen LogP) is 8.04. The van der Waals surface area contributed by atoms with Crippen LogP contribution in [-0.2, 0) is 0 Å². The summed E-state index contributed by atoms with van der Waals surface area (Å²) in [4.78, 5) is 0. The molecule has 0 radical (unpaired) electrons. The molecule has 0 aromatic rings. The molecule has 3 heteroatoms. The lowest BCUT2D eigenvalue weighted by Gasteiger charge is -2.56. The van der Waals surface area contributed by atoms with Gasteiger partial charge < -0.3 is 0 Å². The highest BCUT2D eigenvalue weighted by Crippen LogP contribution is 2.65. The first-order valence-electron chi connectivity index (χ1n) is 11.5. The number of fused-ring (bicyclic) bond motifs is 5. The quantitative estimate of drug-likeness (QED) is 0.423. The molecule has 4 aliphatic rings. The number of hydrogen-bond donors (Lipinski definition) is 0. The third-order valence-corrected chi connectivity index (χ3v) is 9.06. The number of halogens is 3. The molecule has 8 atom stereocenters. The summed E-state index contributed by atoms with van der Waals surface area (Å²) in [6.45, 7) is 10.5. The van der Waals surface area contributed by atoms with Gasteiger partial charge in [-0.05, 0) is 105 Å². The Morgan fingerprint density at radius 1 is 0.926 bits per heavy atom. The highest BCUT2D eigenvalue weighted by molar-refractivity contribution is 5.06. The molecule has 4 rings (SSSR count). The molecule has 4 unspecified atom stereocenters. The first kappa shape index (κ1) is 21.2. The van der Waals surface area contributed by atoms with Crippen LogP contribution in [0.5, 0.6) is 0 Å². The van der Waals surface area contributed by atoms with E-state index >= 15 is 0 Å². The molecule has 27 heavy (non-hydrogen) atoms. The monoisotopic (exact) mass is 384 g/mol. The Morgan fingerprint density at radius 2 is 1.63 bits per heavy atom. The van der Waals surface area contributed by atoms with Crippen LogP contribution in [0.2, 0.25) is 0 Å². The molecule has 0 saturated heterocycles. The van der Waals surface area contributed by atoms with Gasteiger partial charge in [0.25, 0.3) is 0 Å². The van der Waals surface area contributed by atoms with Crippen LogP contribution in [0.1, 0.15) is 85.0 Å². The second-order valence-electron chi connectivity index (χ2n) is 9.83. The Kier molecular flexibility index (Phi) is 6.38. The molecule has 4 fully saturated rings. The van der Waals surface area contributed by atoms with Gasteiger partial charge in [0.15, 0.2) is 0 Å². The first-order valence-corrected chi connectivity index (χ1v) is 11.5. The Morgan fingerprint density at radius 3 is 2.30 bits per heavy atom. The molecular formula is C24H39F3. The maximum absolute atomic E-state index is 13.2.